The van der Waals surface area contributed by atoms with E-state index in [-0.39, 0.29) is 22.6 Å². The van der Waals surface area contributed by atoms with Crippen LogP contribution in [0.5, 0.6) is 0 Å². The molecule has 1 saturated carbocycles. The van der Waals surface area contributed by atoms with Gasteiger partial charge in [0.25, 0.3) is 5.91 Å². The highest BCUT2D eigenvalue weighted by Crippen LogP contribution is 2.43. The summed E-state index contributed by atoms with van der Waals surface area (Å²) in [5.41, 5.74) is 0.316. The third kappa shape index (κ3) is 2.82. The van der Waals surface area contributed by atoms with Crippen LogP contribution >= 0.6 is 0 Å². The predicted octanol–water partition coefficient (Wildman–Crippen LogP) is 3.16. The molecule has 0 aromatic carbocycles. The van der Waals surface area contributed by atoms with E-state index in [2.05, 4.69) is 0 Å². The number of piperidine rings is 1. The van der Waals surface area contributed by atoms with Crippen molar-refractivity contribution < 1.29 is 19.1 Å². The fourth-order valence-electron chi connectivity index (χ4n) is 3.81. The Balaban J connectivity index is 1.73. The maximum absolute atomic E-state index is 12.5. The first-order chi connectivity index (χ1) is 10.1. The van der Waals surface area contributed by atoms with E-state index < -0.39 is 5.97 Å². The molecule has 114 valence electrons. The average molecular weight is 291 g/mol. The predicted molar refractivity (Wildman–Crippen MR) is 76.3 cm³/mol. The van der Waals surface area contributed by atoms with Crippen LogP contribution in [0.3, 0.4) is 0 Å². The van der Waals surface area contributed by atoms with Gasteiger partial charge in [0.2, 0.25) is 0 Å². The number of carbonyl (C=O) groups is 2. The van der Waals surface area contributed by atoms with Crippen LogP contribution in [0.25, 0.3) is 0 Å². The summed E-state index contributed by atoms with van der Waals surface area (Å²) < 4.78 is 5.14. The topological polar surface area (TPSA) is 70.7 Å². The highest BCUT2D eigenvalue weighted by Gasteiger charge is 2.38. The maximum atomic E-state index is 12.5. The van der Waals surface area contributed by atoms with Gasteiger partial charge >= 0.3 is 5.97 Å². The molecule has 21 heavy (non-hydrogen) atoms. The van der Waals surface area contributed by atoms with E-state index in [1.165, 1.54) is 44.6 Å². The monoisotopic (exact) mass is 291 g/mol. The normalized spacial score (nSPS) is 21.4. The van der Waals surface area contributed by atoms with Crippen molar-refractivity contribution >= 4 is 11.9 Å². The van der Waals surface area contributed by atoms with Crippen molar-refractivity contribution in [3.8, 4) is 0 Å². The zero-order valence-electron chi connectivity index (χ0n) is 12.1. The molecule has 1 amide bonds. The van der Waals surface area contributed by atoms with Gasteiger partial charge in [0.1, 0.15) is 6.26 Å². The molecule has 0 unspecified atom stereocenters. The van der Waals surface area contributed by atoms with Gasteiger partial charge in [0, 0.05) is 19.2 Å². The van der Waals surface area contributed by atoms with E-state index in [0.717, 1.165) is 25.8 Å². The highest BCUT2D eigenvalue weighted by atomic mass is 16.4. The van der Waals surface area contributed by atoms with Crippen molar-refractivity contribution in [3.63, 3.8) is 0 Å². The van der Waals surface area contributed by atoms with Crippen LogP contribution in [0.15, 0.2) is 16.7 Å². The average Bonchev–Trinajstić information content (AvgIpc) is 2.97. The number of furan rings is 1. The molecule has 1 aromatic heterocycles. The fourth-order valence-corrected chi connectivity index (χ4v) is 3.81. The lowest BCUT2D eigenvalue weighted by molar-refractivity contribution is 0.0360. The van der Waals surface area contributed by atoms with E-state index in [1.54, 1.807) is 0 Å². The first-order valence-corrected chi connectivity index (χ1v) is 7.71. The molecule has 2 fully saturated rings. The smallest absolute Gasteiger partial charge is 0.338 e. The number of carbonyl (C=O) groups excluding carboxylic acids is 1. The summed E-state index contributed by atoms with van der Waals surface area (Å²) in [6.07, 6.45) is 9.59. The summed E-state index contributed by atoms with van der Waals surface area (Å²) in [7, 11) is 0. The van der Waals surface area contributed by atoms with Crippen LogP contribution in [0.2, 0.25) is 0 Å². The number of carboxylic acids is 1. The van der Waals surface area contributed by atoms with Gasteiger partial charge in [-0.25, -0.2) is 4.79 Å². The lowest BCUT2D eigenvalue weighted by atomic mass is 9.69. The van der Waals surface area contributed by atoms with E-state index >= 15 is 0 Å². The summed E-state index contributed by atoms with van der Waals surface area (Å²) in [6.45, 7) is 1.53. The minimum absolute atomic E-state index is 0.0303. The van der Waals surface area contributed by atoms with Gasteiger partial charge < -0.3 is 14.4 Å². The molecule has 2 aliphatic rings. The maximum Gasteiger partial charge on any atom is 0.338 e. The van der Waals surface area contributed by atoms with Gasteiger partial charge in [-0.05, 0) is 31.1 Å². The van der Waals surface area contributed by atoms with Gasteiger partial charge in [-0.3, -0.25) is 4.79 Å². The summed E-state index contributed by atoms with van der Waals surface area (Å²) in [6, 6.07) is 1.33. The lowest BCUT2D eigenvalue weighted by Crippen LogP contribution is -2.46. The molecule has 0 bridgehead atoms. The third-order valence-electron chi connectivity index (χ3n) is 4.92. The zero-order chi connectivity index (χ0) is 14.9. The molecule has 1 aliphatic heterocycles. The Morgan fingerprint density at radius 1 is 1.14 bits per heavy atom. The van der Waals surface area contributed by atoms with Crippen LogP contribution in [-0.4, -0.2) is 35.0 Å². The van der Waals surface area contributed by atoms with Gasteiger partial charge in [-0.2, -0.15) is 0 Å². The van der Waals surface area contributed by atoms with Crippen LogP contribution in [0.1, 0.15) is 65.9 Å². The Morgan fingerprint density at radius 3 is 2.52 bits per heavy atom. The van der Waals surface area contributed by atoms with Crippen LogP contribution in [-0.2, 0) is 0 Å². The van der Waals surface area contributed by atoms with Crippen molar-refractivity contribution in [2.45, 2.75) is 44.9 Å². The molecule has 1 N–H and O–H groups in total. The fraction of sp³-hybridized carbons (Fsp3) is 0.625. The van der Waals surface area contributed by atoms with Crippen molar-refractivity contribution in [2.75, 3.05) is 13.1 Å². The largest absolute Gasteiger partial charge is 0.478 e. The third-order valence-corrected chi connectivity index (χ3v) is 4.92. The Morgan fingerprint density at radius 2 is 1.86 bits per heavy atom. The van der Waals surface area contributed by atoms with Gasteiger partial charge in [0.05, 0.1) is 5.56 Å². The van der Waals surface area contributed by atoms with E-state index in [4.69, 9.17) is 9.52 Å². The Hall–Kier alpha value is -1.78. The number of carboxylic acid groups (broad SMARTS) is 1. The van der Waals surface area contributed by atoms with Crippen LogP contribution < -0.4 is 0 Å². The molecule has 1 saturated heterocycles. The lowest BCUT2D eigenvalue weighted by Gasteiger charge is -2.45. The molecule has 0 atom stereocenters. The Kier molecular flexibility index (Phi) is 3.74. The molecule has 5 nitrogen and oxygen atoms in total. The van der Waals surface area contributed by atoms with E-state index in [1.807, 2.05) is 4.90 Å². The molecular formula is C16H21NO4. The Labute approximate surface area is 123 Å². The van der Waals surface area contributed by atoms with Crippen molar-refractivity contribution in [1.82, 2.24) is 4.90 Å². The zero-order valence-corrected chi connectivity index (χ0v) is 12.1. The van der Waals surface area contributed by atoms with Crippen molar-refractivity contribution in [2.24, 2.45) is 5.41 Å². The molecule has 0 radical (unpaired) electrons. The quantitative estimate of drug-likeness (QED) is 0.908. The van der Waals surface area contributed by atoms with Gasteiger partial charge in [-0.15, -0.1) is 0 Å². The van der Waals surface area contributed by atoms with E-state index in [0.29, 0.717) is 0 Å². The van der Waals surface area contributed by atoms with Crippen molar-refractivity contribution in [1.29, 1.82) is 0 Å². The number of nitrogens with zero attached hydrogens (tertiary/aromatic N) is 1. The second-order valence-electron chi connectivity index (χ2n) is 6.40. The number of hydrogen-bond acceptors (Lipinski definition) is 3. The van der Waals surface area contributed by atoms with Crippen LogP contribution in [0, 0.1) is 5.41 Å². The number of rotatable bonds is 2. The van der Waals surface area contributed by atoms with Gasteiger partial charge in [-0.1, -0.05) is 19.3 Å². The first-order valence-electron chi connectivity index (χ1n) is 7.71. The number of amides is 1. The summed E-state index contributed by atoms with van der Waals surface area (Å²) in [4.78, 5) is 25.2. The minimum Gasteiger partial charge on any atom is -0.478 e. The SMILES string of the molecule is O=C(O)c1coc(C(=O)N2CCCC3(CCCCC3)C2)c1. The molecule has 2 heterocycles. The highest BCUT2D eigenvalue weighted by molar-refractivity contribution is 5.95. The Bertz CT molecular complexity index is 537. The first kappa shape index (κ1) is 14.2. The van der Waals surface area contributed by atoms with Crippen LogP contribution in [0.4, 0.5) is 0 Å². The number of likely N-dealkylation sites (tertiary alicyclic amines) is 1. The molecule has 1 aromatic rings. The second kappa shape index (κ2) is 5.54. The molecule has 5 heteroatoms. The molecule has 3 rings (SSSR count). The number of hydrogen-bond donors (Lipinski definition) is 1. The second-order valence-corrected chi connectivity index (χ2v) is 6.40. The summed E-state index contributed by atoms with van der Waals surface area (Å²) >= 11 is 0. The summed E-state index contributed by atoms with van der Waals surface area (Å²) in [5, 5.41) is 8.90. The van der Waals surface area contributed by atoms with Gasteiger partial charge in [0.15, 0.2) is 5.76 Å². The molecule has 1 spiro atoms. The van der Waals surface area contributed by atoms with Crippen molar-refractivity contribution in [3.05, 3.63) is 23.7 Å². The number of aromatic carboxylic acids is 1. The molecule has 1 aliphatic carbocycles. The molecular weight excluding hydrogens is 270 g/mol. The standard InChI is InChI=1S/C16H21NO4/c18-14(13-9-12(10-21-13)15(19)20)17-8-4-7-16(11-17)5-2-1-3-6-16/h9-10H,1-8,11H2,(H,19,20). The summed E-state index contributed by atoms with van der Waals surface area (Å²) in [5.74, 6) is -1.10. The minimum atomic E-state index is -1.07. The van der Waals surface area contributed by atoms with E-state index in [9.17, 15) is 9.59 Å².